The predicted molar refractivity (Wildman–Crippen MR) is 92.4 cm³/mol. The number of aryl methyl sites for hydroxylation is 2. The molecular weight excluding hydrogens is 326 g/mol. The van der Waals surface area contributed by atoms with Crippen LogP contribution in [0.4, 0.5) is 0 Å². The molecule has 0 bridgehead atoms. The Bertz CT molecular complexity index is 859. The molecule has 0 saturated heterocycles. The van der Waals surface area contributed by atoms with E-state index in [-0.39, 0.29) is 17.0 Å². The van der Waals surface area contributed by atoms with Gasteiger partial charge in [-0.2, -0.15) is 4.31 Å². The molecular formula is C18H21NO4S. The van der Waals surface area contributed by atoms with E-state index in [0.717, 1.165) is 11.1 Å². The third-order valence-electron chi connectivity index (χ3n) is 3.79. The standard InChI is InChI=1S/C18H21NO4S/c1-13-6-5-7-15(10-13)12-19(3)24(21,22)17-11-16(18(20)23-4)9-8-14(17)2/h5-11H,12H2,1-4H3. The smallest absolute Gasteiger partial charge is 0.337 e. The molecule has 0 aromatic heterocycles. The fraction of sp³-hybridized carbons (Fsp3) is 0.278. The van der Waals surface area contributed by atoms with Crippen molar-refractivity contribution in [1.82, 2.24) is 4.31 Å². The highest BCUT2D eigenvalue weighted by molar-refractivity contribution is 7.89. The van der Waals surface area contributed by atoms with Gasteiger partial charge in [0.05, 0.1) is 17.6 Å². The quantitative estimate of drug-likeness (QED) is 0.780. The van der Waals surface area contributed by atoms with Gasteiger partial charge in [-0.1, -0.05) is 35.9 Å². The Morgan fingerprint density at radius 3 is 2.46 bits per heavy atom. The van der Waals surface area contributed by atoms with Crippen LogP contribution in [-0.2, 0) is 21.3 Å². The Kier molecular flexibility index (Phi) is 5.41. The topological polar surface area (TPSA) is 63.7 Å². The second kappa shape index (κ2) is 7.15. The molecule has 128 valence electrons. The van der Waals surface area contributed by atoms with Crippen molar-refractivity contribution in [2.45, 2.75) is 25.3 Å². The Labute approximate surface area is 142 Å². The number of rotatable bonds is 5. The van der Waals surface area contributed by atoms with Gasteiger partial charge in [0, 0.05) is 13.6 Å². The predicted octanol–water partition coefficient (Wildman–Crippen LogP) is 2.91. The van der Waals surface area contributed by atoms with Crippen LogP contribution in [0, 0.1) is 13.8 Å². The molecule has 24 heavy (non-hydrogen) atoms. The van der Waals surface area contributed by atoms with Crippen molar-refractivity contribution in [1.29, 1.82) is 0 Å². The number of hydrogen-bond donors (Lipinski definition) is 0. The molecule has 0 aliphatic rings. The first kappa shape index (κ1) is 18.2. The average Bonchev–Trinajstić information content (AvgIpc) is 2.54. The highest BCUT2D eigenvalue weighted by atomic mass is 32.2. The van der Waals surface area contributed by atoms with Crippen molar-refractivity contribution in [2.24, 2.45) is 0 Å². The summed E-state index contributed by atoms with van der Waals surface area (Å²) in [5, 5.41) is 0. The lowest BCUT2D eigenvalue weighted by Crippen LogP contribution is -2.27. The molecule has 0 aliphatic carbocycles. The number of hydrogen-bond acceptors (Lipinski definition) is 4. The van der Waals surface area contributed by atoms with E-state index in [9.17, 15) is 13.2 Å². The van der Waals surface area contributed by atoms with Crippen LogP contribution in [-0.4, -0.2) is 32.8 Å². The molecule has 2 rings (SSSR count). The Balaban J connectivity index is 2.37. The van der Waals surface area contributed by atoms with E-state index in [0.29, 0.717) is 5.56 Å². The van der Waals surface area contributed by atoms with Crippen molar-refractivity contribution >= 4 is 16.0 Å². The average molecular weight is 347 g/mol. The largest absolute Gasteiger partial charge is 0.465 e. The lowest BCUT2D eigenvalue weighted by molar-refractivity contribution is 0.0600. The van der Waals surface area contributed by atoms with Gasteiger partial charge in [-0.25, -0.2) is 13.2 Å². The SMILES string of the molecule is COC(=O)c1ccc(C)c(S(=O)(=O)N(C)Cc2cccc(C)c2)c1. The minimum absolute atomic E-state index is 0.112. The van der Waals surface area contributed by atoms with Crippen molar-refractivity contribution in [2.75, 3.05) is 14.2 Å². The van der Waals surface area contributed by atoms with Gasteiger partial charge in [0.15, 0.2) is 0 Å². The van der Waals surface area contributed by atoms with E-state index in [1.165, 1.54) is 24.5 Å². The molecule has 0 atom stereocenters. The summed E-state index contributed by atoms with van der Waals surface area (Å²) >= 11 is 0. The minimum atomic E-state index is -3.72. The highest BCUT2D eigenvalue weighted by Gasteiger charge is 2.24. The third-order valence-corrected chi connectivity index (χ3v) is 5.73. The first-order valence-electron chi connectivity index (χ1n) is 7.46. The molecule has 0 fully saturated rings. The summed E-state index contributed by atoms with van der Waals surface area (Å²) in [4.78, 5) is 11.8. The molecule has 2 aromatic carbocycles. The monoisotopic (exact) mass is 347 g/mol. The van der Waals surface area contributed by atoms with Crippen molar-refractivity contribution in [3.05, 3.63) is 64.7 Å². The molecule has 5 nitrogen and oxygen atoms in total. The van der Waals surface area contributed by atoms with Crippen LogP contribution in [0.25, 0.3) is 0 Å². The zero-order chi connectivity index (χ0) is 17.9. The zero-order valence-corrected chi connectivity index (χ0v) is 15.1. The number of benzene rings is 2. The summed E-state index contributed by atoms with van der Waals surface area (Å²) in [5.41, 5.74) is 2.77. The first-order valence-corrected chi connectivity index (χ1v) is 8.90. The summed E-state index contributed by atoms with van der Waals surface area (Å²) in [5.74, 6) is -0.562. The van der Waals surface area contributed by atoms with Crippen LogP contribution >= 0.6 is 0 Å². The lowest BCUT2D eigenvalue weighted by atomic mass is 10.1. The second-order valence-electron chi connectivity index (χ2n) is 5.72. The van der Waals surface area contributed by atoms with Gasteiger partial charge in [0.25, 0.3) is 0 Å². The normalized spacial score (nSPS) is 11.5. The number of methoxy groups -OCH3 is 1. The second-order valence-corrected chi connectivity index (χ2v) is 7.74. The Hall–Kier alpha value is -2.18. The Morgan fingerprint density at radius 1 is 1.12 bits per heavy atom. The van der Waals surface area contributed by atoms with Crippen molar-refractivity contribution < 1.29 is 17.9 Å². The highest BCUT2D eigenvalue weighted by Crippen LogP contribution is 2.22. The zero-order valence-electron chi connectivity index (χ0n) is 14.2. The molecule has 0 unspecified atom stereocenters. The van der Waals surface area contributed by atoms with Gasteiger partial charge in [0.2, 0.25) is 10.0 Å². The van der Waals surface area contributed by atoms with Crippen molar-refractivity contribution in [3.8, 4) is 0 Å². The lowest BCUT2D eigenvalue weighted by Gasteiger charge is -2.19. The Morgan fingerprint density at radius 2 is 1.83 bits per heavy atom. The van der Waals surface area contributed by atoms with Crippen LogP contribution in [0.3, 0.4) is 0 Å². The van der Waals surface area contributed by atoms with E-state index in [2.05, 4.69) is 4.74 Å². The van der Waals surface area contributed by atoms with Crippen molar-refractivity contribution in [3.63, 3.8) is 0 Å². The molecule has 0 spiro atoms. The minimum Gasteiger partial charge on any atom is -0.465 e. The summed E-state index contributed by atoms with van der Waals surface area (Å²) in [6, 6.07) is 12.2. The first-order chi connectivity index (χ1) is 11.3. The third kappa shape index (κ3) is 3.83. The molecule has 0 saturated carbocycles. The number of carbonyl (C=O) groups is 1. The van der Waals surface area contributed by atoms with E-state index < -0.39 is 16.0 Å². The summed E-state index contributed by atoms with van der Waals surface area (Å²) in [7, 11) is -0.926. The molecule has 0 amide bonds. The van der Waals surface area contributed by atoms with Crippen LogP contribution in [0.15, 0.2) is 47.4 Å². The maximum absolute atomic E-state index is 12.9. The maximum atomic E-state index is 12.9. The number of sulfonamides is 1. The van der Waals surface area contributed by atoms with E-state index >= 15 is 0 Å². The summed E-state index contributed by atoms with van der Waals surface area (Å²) in [6.07, 6.45) is 0. The molecule has 0 N–H and O–H groups in total. The molecule has 0 aliphatic heterocycles. The van der Waals surface area contributed by atoms with Gasteiger partial charge in [0.1, 0.15) is 0 Å². The number of esters is 1. The molecule has 0 radical (unpaired) electrons. The van der Waals surface area contributed by atoms with Crippen LogP contribution < -0.4 is 0 Å². The molecule has 6 heteroatoms. The van der Waals surface area contributed by atoms with Gasteiger partial charge in [-0.05, 0) is 37.1 Å². The number of ether oxygens (including phenoxy) is 1. The van der Waals surface area contributed by atoms with Gasteiger partial charge < -0.3 is 4.74 Å². The van der Waals surface area contributed by atoms with E-state index in [4.69, 9.17) is 0 Å². The van der Waals surface area contributed by atoms with Crippen LogP contribution in [0.2, 0.25) is 0 Å². The van der Waals surface area contributed by atoms with E-state index in [1.54, 1.807) is 19.1 Å². The number of carbonyl (C=O) groups excluding carboxylic acids is 1. The summed E-state index contributed by atoms with van der Waals surface area (Å²) in [6.45, 7) is 3.92. The van der Waals surface area contributed by atoms with Crippen LogP contribution in [0.1, 0.15) is 27.0 Å². The van der Waals surface area contributed by atoms with Crippen LogP contribution in [0.5, 0.6) is 0 Å². The van der Waals surface area contributed by atoms with E-state index in [1.807, 2.05) is 31.2 Å². The van der Waals surface area contributed by atoms with Gasteiger partial charge in [-0.3, -0.25) is 0 Å². The van der Waals surface area contributed by atoms with Gasteiger partial charge >= 0.3 is 5.97 Å². The van der Waals surface area contributed by atoms with Gasteiger partial charge in [-0.15, -0.1) is 0 Å². The number of nitrogens with zero attached hydrogens (tertiary/aromatic N) is 1. The molecule has 0 heterocycles. The fourth-order valence-electron chi connectivity index (χ4n) is 2.44. The fourth-order valence-corrected chi connectivity index (χ4v) is 3.85. The summed E-state index contributed by atoms with van der Waals surface area (Å²) < 4.78 is 31.7. The molecule has 2 aromatic rings. The maximum Gasteiger partial charge on any atom is 0.337 e.